The number of rotatable bonds is 8. The SMILES string of the molecule is C=CCOC(=O)/C(CCCCc1ccccc1)=N/O. The summed E-state index contributed by atoms with van der Waals surface area (Å²) in [5.41, 5.74) is 1.33. The topological polar surface area (TPSA) is 58.9 Å². The zero-order valence-electron chi connectivity index (χ0n) is 10.9. The molecule has 0 aliphatic carbocycles. The molecule has 1 N–H and O–H groups in total. The molecule has 0 aromatic heterocycles. The van der Waals surface area contributed by atoms with E-state index in [4.69, 9.17) is 9.94 Å². The van der Waals surface area contributed by atoms with Crippen molar-refractivity contribution in [3.05, 3.63) is 48.6 Å². The number of unbranched alkanes of at least 4 members (excludes halogenated alkanes) is 1. The summed E-state index contributed by atoms with van der Waals surface area (Å²) in [6.07, 6.45) is 4.54. The lowest BCUT2D eigenvalue weighted by Crippen LogP contribution is -2.17. The Balaban J connectivity index is 2.27. The van der Waals surface area contributed by atoms with E-state index < -0.39 is 5.97 Å². The Bertz CT molecular complexity index is 426. The smallest absolute Gasteiger partial charge is 0.356 e. The fraction of sp³-hybridized carbons (Fsp3) is 0.333. The van der Waals surface area contributed by atoms with Gasteiger partial charge in [0.05, 0.1) is 0 Å². The second-order valence-corrected chi connectivity index (χ2v) is 4.13. The lowest BCUT2D eigenvalue weighted by atomic mass is 10.1. The van der Waals surface area contributed by atoms with Gasteiger partial charge in [-0.25, -0.2) is 4.79 Å². The Labute approximate surface area is 113 Å². The molecule has 0 spiro atoms. The van der Waals surface area contributed by atoms with E-state index in [1.54, 1.807) is 0 Å². The van der Waals surface area contributed by atoms with Gasteiger partial charge in [0, 0.05) is 6.42 Å². The van der Waals surface area contributed by atoms with Gasteiger partial charge in [-0.3, -0.25) is 0 Å². The molecular weight excluding hydrogens is 242 g/mol. The van der Waals surface area contributed by atoms with Crippen molar-refractivity contribution in [3.8, 4) is 0 Å². The molecule has 1 rings (SSSR count). The van der Waals surface area contributed by atoms with Crippen molar-refractivity contribution in [1.82, 2.24) is 0 Å². The lowest BCUT2D eigenvalue weighted by molar-refractivity contribution is -0.134. The van der Waals surface area contributed by atoms with Gasteiger partial charge in [0.25, 0.3) is 0 Å². The first-order chi connectivity index (χ1) is 9.27. The first-order valence-electron chi connectivity index (χ1n) is 6.30. The highest BCUT2D eigenvalue weighted by molar-refractivity contribution is 6.36. The van der Waals surface area contributed by atoms with Gasteiger partial charge in [0.1, 0.15) is 6.61 Å². The molecule has 0 fully saturated rings. The van der Waals surface area contributed by atoms with E-state index in [0.29, 0.717) is 6.42 Å². The summed E-state index contributed by atoms with van der Waals surface area (Å²) >= 11 is 0. The van der Waals surface area contributed by atoms with Crippen molar-refractivity contribution in [3.63, 3.8) is 0 Å². The van der Waals surface area contributed by atoms with Crippen LogP contribution in [0.15, 0.2) is 48.1 Å². The molecule has 1 aromatic carbocycles. The monoisotopic (exact) mass is 261 g/mol. The number of hydrogen-bond donors (Lipinski definition) is 1. The summed E-state index contributed by atoms with van der Waals surface area (Å²) in [6, 6.07) is 10.1. The van der Waals surface area contributed by atoms with Crippen molar-refractivity contribution < 1.29 is 14.7 Å². The lowest BCUT2D eigenvalue weighted by Gasteiger charge is -2.04. The van der Waals surface area contributed by atoms with Crippen LogP contribution in [0.25, 0.3) is 0 Å². The van der Waals surface area contributed by atoms with Gasteiger partial charge in [0.15, 0.2) is 5.71 Å². The predicted molar refractivity (Wildman–Crippen MR) is 74.4 cm³/mol. The Kier molecular flexibility index (Phi) is 7.02. The van der Waals surface area contributed by atoms with Crippen molar-refractivity contribution in [1.29, 1.82) is 0 Å². The van der Waals surface area contributed by atoms with Gasteiger partial charge < -0.3 is 9.94 Å². The van der Waals surface area contributed by atoms with Crippen molar-refractivity contribution >= 4 is 11.7 Å². The Morgan fingerprint density at radius 1 is 1.32 bits per heavy atom. The van der Waals surface area contributed by atoms with Gasteiger partial charge in [-0.1, -0.05) is 48.1 Å². The molecule has 0 aliphatic heterocycles. The number of oxime groups is 1. The van der Waals surface area contributed by atoms with Crippen LogP contribution in [0.2, 0.25) is 0 Å². The first-order valence-corrected chi connectivity index (χ1v) is 6.30. The molecule has 1 aromatic rings. The third-order valence-corrected chi connectivity index (χ3v) is 2.66. The molecular formula is C15H19NO3. The zero-order valence-corrected chi connectivity index (χ0v) is 10.9. The quantitative estimate of drug-likeness (QED) is 0.195. The predicted octanol–water partition coefficient (Wildman–Crippen LogP) is 2.96. The van der Waals surface area contributed by atoms with Crippen LogP contribution in [0.3, 0.4) is 0 Å². The largest absolute Gasteiger partial charge is 0.457 e. The highest BCUT2D eigenvalue weighted by atomic mass is 16.5. The van der Waals surface area contributed by atoms with E-state index in [1.807, 2.05) is 18.2 Å². The molecule has 0 atom stereocenters. The fourth-order valence-electron chi connectivity index (χ4n) is 1.68. The summed E-state index contributed by atoms with van der Waals surface area (Å²) in [5, 5.41) is 11.8. The summed E-state index contributed by atoms with van der Waals surface area (Å²) in [4.78, 5) is 11.4. The van der Waals surface area contributed by atoms with Crippen LogP contribution in [0.4, 0.5) is 0 Å². The standard InChI is InChI=1S/C15H19NO3/c1-2-12-19-15(17)14(16-18)11-7-6-10-13-8-4-3-5-9-13/h2-5,8-9,18H,1,6-7,10-12H2/b16-14+. The summed E-state index contributed by atoms with van der Waals surface area (Å²) in [6.45, 7) is 3.57. The summed E-state index contributed by atoms with van der Waals surface area (Å²) < 4.78 is 4.81. The van der Waals surface area contributed by atoms with Gasteiger partial charge in [0.2, 0.25) is 0 Å². The van der Waals surface area contributed by atoms with Crippen molar-refractivity contribution in [2.75, 3.05) is 6.61 Å². The van der Waals surface area contributed by atoms with E-state index in [1.165, 1.54) is 11.6 Å². The minimum atomic E-state index is -0.581. The first kappa shape index (κ1) is 15.0. The second kappa shape index (κ2) is 8.91. The number of ether oxygens (including phenoxy) is 1. The highest BCUT2D eigenvalue weighted by Gasteiger charge is 2.12. The highest BCUT2D eigenvalue weighted by Crippen LogP contribution is 2.07. The molecule has 0 radical (unpaired) electrons. The van der Waals surface area contributed by atoms with Gasteiger partial charge in [-0.05, 0) is 24.8 Å². The van der Waals surface area contributed by atoms with Crippen molar-refractivity contribution in [2.45, 2.75) is 25.7 Å². The second-order valence-electron chi connectivity index (χ2n) is 4.13. The number of benzene rings is 1. The number of carbonyl (C=O) groups is 1. The van der Waals surface area contributed by atoms with Crippen LogP contribution in [-0.4, -0.2) is 23.5 Å². The fourth-order valence-corrected chi connectivity index (χ4v) is 1.68. The average Bonchev–Trinajstić information content (AvgIpc) is 2.46. The van der Waals surface area contributed by atoms with E-state index in [-0.39, 0.29) is 12.3 Å². The molecule has 19 heavy (non-hydrogen) atoms. The maximum absolute atomic E-state index is 11.4. The third kappa shape index (κ3) is 5.86. The Hall–Kier alpha value is -2.10. The number of nitrogens with zero attached hydrogens (tertiary/aromatic N) is 1. The maximum atomic E-state index is 11.4. The van der Waals surface area contributed by atoms with E-state index in [2.05, 4.69) is 23.9 Å². The minimum absolute atomic E-state index is 0.0647. The third-order valence-electron chi connectivity index (χ3n) is 2.66. The molecule has 0 heterocycles. The average molecular weight is 261 g/mol. The van der Waals surface area contributed by atoms with Gasteiger partial charge in [-0.15, -0.1) is 0 Å². The maximum Gasteiger partial charge on any atom is 0.356 e. The summed E-state index contributed by atoms with van der Waals surface area (Å²) in [5.74, 6) is -0.581. The molecule has 4 nitrogen and oxygen atoms in total. The van der Waals surface area contributed by atoms with E-state index >= 15 is 0 Å². The molecule has 0 bridgehead atoms. The van der Waals surface area contributed by atoms with Crippen LogP contribution in [0, 0.1) is 0 Å². The number of esters is 1. The van der Waals surface area contributed by atoms with Gasteiger partial charge in [-0.2, -0.15) is 0 Å². The molecule has 0 saturated carbocycles. The van der Waals surface area contributed by atoms with E-state index in [0.717, 1.165) is 19.3 Å². The Morgan fingerprint density at radius 2 is 2.05 bits per heavy atom. The zero-order chi connectivity index (χ0) is 13.9. The number of aryl methyl sites for hydroxylation is 1. The molecule has 102 valence electrons. The van der Waals surface area contributed by atoms with Gasteiger partial charge >= 0.3 is 5.97 Å². The molecule has 0 saturated heterocycles. The molecule has 0 aliphatic rings. The minimum Gasteiger partial charge on any atom is -0.457 e. The van der Waals surface area contributed by atoms with E-state index in [9.17, 15) is 4.79 Å². The normalized spacial score (nSPS) is 11.1. The van der Waals surface area contributed by atoms with Crippen LogP contribution in [-0.2, 0) is 16.0 Å². The van der Waals surface area contributed by atoms with Crippen LogP contribution >= 0.6 is 0 Å². The number of hydrogen-bond acceptors (Lipinski definition) is 4. The molecule has 4 heteroatoms. The summed E-state index contributed by atoms with van der Waals surface area (Å²) in [7, 11) is 0. The van der Waals surface area contributed by atoms with Crippen LogP contribution in [0.1, 0.15) is 24.8 Å². The van der Waals surface area contributed by atoms with Crippen LogP contribution in [0.5, 0.6) is 0 Å². The molecule has 0 unspecified atom stereocenters. The van der Waals surface area contributed by atoms with Crippen molar-refractivity contribution in [2.24, 2.45) is 5.16 Å². The number of carbonyl (C=O) groups excluding carboxylic acids is 1. The molecule has 0 amide bonds. The Morgan fingerprint density at radius 3 is 2.68 bits per heavy atom. The van der Waals surface area contributed by atoms with Crippen LogP contribution < -0.4 is 0 Å².